The SMILES string of the molecule is Cc1ccc(CN2CCN3CCN(C)C[C@H]3C2)c(F)c1F. The molecule has 2 aliphatic rings. The zero-order chi connectivity index (χ0) is 15.0. The van der Waals surface area contributed by atoms with Crippen molar-refractivity contribution < 1.29 is 8.78 Å². The van der Waals surface area contributed by atoms with E-state index in [1.165, 1.54) is 0 Å². The Morgan fingerprint density at radius 3 is 2.62 bits per heavy atom. The summed E-state index contributed by atoms with van der Waals surface area (Å²) in [5, 5.41) is 0. The van der Waals surface area contributed by atoms with Gasteiger partial charge < -0.3 is 4.90 Å². The maximum Gasteiger partial charge on any atom is 0.163 e. The van der Waals surface area contributed by atoms with Crippen molar-refractivity contribution >= 4 is 0 Å². The van der Waals surface area contributed by atoms with Gasteiger partial charge in [-0.3, -0.25) is 9.80 Å². The highest BCUT2D eigenvalue weighted by atomic mass is 19.2. The normalized spacial score (nSPS) is 25.0. The number of halogens is 2. The molecular weight excluding hydrogens is 272 g/mol. The fourth-order valence-corrected chi connectivity index (χ4v) is 3.37. The molecule has 1 atom stereocenters. The molecule has 3 rings (SSSR count). The Balaban J connectivity index is 1.67. The van der Waals surface area contributed by atoms with E-state index in [-0.39, 0.29) is 0 Å². The van der Waals surface area contributed by atoms with Crippen LogP contribution in [-0.2, 0) is 6.54 Å². The number of rotatable bonds is 2. The molecule has 2 aliphatic heterocycles. The average Bonchev–Trinajstić information content (AvgIpc) is 2.47. The van der Waals surface area contributed by atoms with Gasteiger partial charge in [0.05, 0.1) is 0 Å². The van der Waals surface area contributed by atoms with E-state index in [0.29, 0.717) is 23.7 Å². The third-order valence-corrected chi connectivity index (χ3v) is 4.73. The number of piperazine rings is 2. The first-order valence-corrected chi connectivity index (χ1v) is 7.63. The summed E-state index contributed by atoms with van der Waals surface area (Å²) >= 11 is 0. The molecule has 1 aromatic rings. The predicted molar refractivity (Wildman–Crippen MR) is 79.2 cm³/mol. The van der Waals surface area contributed by atoms with Crippen LogP contribution in [0.25, 0.3) is 0 Å². The molecule has 0 spiro atoms. The van der Waals surface area contributed by atoms with Crippen LogP contribution in [0.15, 0.2) is 12.1 Å². The first-order chi connectivity index (χ1) is 10.0. The van der Waals surface area contributed by atoms with Crippen LogP contribution < -0.4 is 0 Å². The minimum Gasteiger partial charge on any atom is -0.303 e. The van der Waals surface area contributed by atoms with E-state index in [2.05, 4.69) is 21.7 Å². The molecule has 0 aromatic heterocycles. The summed E-state index contributed by atoms with van der Waals surface area (Å²) in [7, 11) is 2.14. The quantitative estimate of drug-likeness (QED) is 0.822. The van der Waals surface area contributed by atoms with E-state index in [9.17, 15) is 8.78 Å². The fourth-order valence-electron chi connectivity index (χ4n) is 3.37. The molecular formula is C16H23F2N3. The number of nitrogens with zero attached hydrogens (tertiary/aromatic N) is 3. The van der Waals surface area contributed by atoms with Gasteiger partial charge in [-0.2, -0.15) is 0 Å². The van der Waals surface area contributed by atoms with Gasteiger partial charge in [-0.15, -0.1) is 0 Å². The summed E-state index contributed by atoms with van der Waals surface area (Å²) in [4.78, 5) is 7.10. The second-order valence-corrected chi connectivity index (χ2v) is 6.36. The molecule has 3 nitrogen and oxygen atoms in total. The van der Waals surface area contributed by atoms with Gasteiger partial charge in [-0.1, -0.05) is 12.1 Å². The van der Waals surface area contributed by atoms with Crippen molar-refractivity contribution in [1.29, 1.82) is 0 Å². The molecule has 2 heterocycles. The standard InChI is InChI=1S/C16H23F2N3/c1-12-3-4-13(16(18)15(12)17)9-20-6-8-21-7-5-19(2)10-14(21)11-20/h3-4,14H,5-11H2,1-2H3/t14-/m0/s1. The third-order valence-electron chi connectivity index (χ3n) is 4.73. The van der Waals surface area contributed by atoms with Gasteiger partial charge in [0.15, 0.2) is 11.6 Å². The molecule has 0 amide bonds. The van der Waals surface area contributed by atoms with E-state index in [4.69, 9.17) is 0 Å². The smallest absolute Gasteiger partial charge is 0.163 e. The number of likely N-dealkylation sites (N-methyl/N-ethyl adjacent to an activating group) is 1. The maximum absolute atomic E-state index is 14.0. The van der Waals surface area contributed by atoms with E-state index in [0.717, 1.165) is 39.3 Å². The fraction of sp³-hybridized carbons (Fsp3) is 0.625. The summed E-state index contributed by atoms with van der Waals surface area (Å²) < 4.78 is 27.6. The number of hydrogen-bond donors (Lipinski definition) is 0. The Morgan fingerprint density at radius 2 is 1.81 bits per heavy atom. The van der Waals surface area contributed by atoms with Crippen molar-refractivity contribution in [1.82, 2.24) is 14.7 Å². The number of aryl methyl sites for hydroxylation is 1. The molecule has 0 bridgehead atoms. The summed E-state index contributed by atoms with van der Waals surface area (Å²) in [6, 6.07) is 3.89. The Bertz CT molecular complexity index is 520. The Labute approximate surface area is 125 Å². The van der Waals surface area contributed by atoms with E-state index in [1.54, 1.807) is 19.1 Å². The molecule has 0 aliphatic carbocycles. The molecule has 5 heteroatoms. The van der Waals surface area contributed by atoms with E-state index in [1.807, 2.05) is 0 Å². The first kappa shape index (κ1) is 14.9. The van der Waals surface area contributed by atoms with Gasteiger partial charge in [0, 0.05) is 57.4 Å². The third kappa shape index (κ3) is 3.10. The zero-order valence-electron chi connectivity index (χ0n) is 12.8. The van der Waals surface area contributed by atoms with Gasteiger partial charge in [0.1, 0.15) is 0 Å². The van der Waals surface area contributed by atoms with E-state index >= 15 is 0 Å². The second-order valence-electron chi connectivity index (χ2n) is 6.36. The summed E-state index contributed by atoms with van der Waals surface area (Å²) in [6.07, 6.45) is 0. The highest BCUT2D eigenvalue weighted by Crippen LogP contribution is 2.20. The maximum atomic E-state index is 14.0. The number of benzene rings is 1. The van der Waals surface area contributed by atoms with Crippen LogP contribution >= 0.6 is 0 Å². The van der Waals surface area contributed by atoms with Crippen molar-refractivity contribution in [2.75, 3.05) is 46.3 Å². The van der Waals surface area contributed by atoms with Crippen LogP contribution in [-0.4, -0.2) is 67.1 Å². The summed E-state index contributed by atoms with van der Waals surface area (Å²) in [5.41, 5.74) is 0.839. The van der Waals surface area contributed by atoms with Gasteiger partial charge in [-0.05, 0) is 19.5 Å². The van der Waals surface area contributed by atoms with Crippen LogP contribution in [0.5, 0.6) is 0 Å². The van der Waals surface area contributed by atoms with Gasteiger partial charge in [0.2, 0.25) is 0 Å². The van der Waals surface area contributed by atoms with Crippen LogP contribution in [0.4, 0.5) is 8.78 Å². The topological polar surface area (TPSA) is 9.72 Å². The van der Waals surface area contributed by atoms with Gasteiger partial charge in [0.25, 0.3) is 0 Å². The molecule has 2 saturated heterocycles. The molecule has 116 valence electrons. The van der Waals surface area contributed by atoms with Crippen LogP contribution in [0.3, 0.4) is 0 Å². The molecule has 0 N–H and O–H groups in total. The lowest BCUT2D eigenvalue weighted by Gasteiger charge is -2.46. The molecule has 0 radical (unpaired) electrons. The monoisotopic (exact) mass is 295 g/mol. The Kier molecular flexibility index (Phi) is 4.24. The zero-order valence-corrected chi connectivity index (χ0v) is 12.8. The molecule has 2 fully saturated rings. The molecule has 0 unspecified atom stereocenters. The average molecular weight is 295 g/mol. The van der Waals surface area contributed by atoms with Crippen LogP contribution in [0.2, 0.25) is 0 Å². The minimum absolute atomic E-state index is 0.370. The lowest BCUT2D eigenvalue weighted by molar-refractivity contribution is 0.0171. The molecule has 1 aromatic carbocycles. The van der Waals surface area contributed by atoms with Crippen molar-refractivity contribution in [2.24, 2.45) is 0 Å². The Morgan fingerprint density at radius 1 is 1.05 bits per heavy atom. The first-order valence-electron chi connectivity index (χ1n) is 7.63. The van der Waals surface area contributed by atoms with Gasteiger partial charge in [-0.25, -0.2) is 8.78 Å². The van der Waals surface area contributed by atoms with Crippen LogP contribution in [0, 0.1) is 18.6 Å². The second kappa shape index (κ2) is 5.99. The van der Waals surface area contributed by atoms with E-state index < -0.39 is 11.6 Å². The Hall–Kier alpha value is -1.04. The highest BCUT2D eigenvalue weighted by Gasteiger charge is 2.31. The van der Waals surface area contributed by atoms with Crippen molar-refractivity contribution in [3.05, 3.63) is 34.9 Å². The predicted octanol–water partition coefficient (Wildman–Crippen LogP) is 1.70. The van der Waals surface area contributed by atoms with Crippen molar-refractivity contribution in [3.63, 3.8) is 0 Å². The molecule has 0 saturated carbocycles. The number of fused-ring (bicyclic) bond motifs is 1. The lowest BCUT2D eigenvalue weighted by atomic mass is 10.1. The van der Waals surface area contributed by atoms with Crippen molar-refractivity contribution in [2.45, 2.75) is 19.5 Å². The minimum atomic E-state index is -0.705. The largest absolute Gasteiger partial charge is 0.303 e. The highest BCUT2D eigenvalue weighted by molar-refractivity contribution is 5.25. The van der Waals surface area contributed by atoms with Gasteiger partial charge >= 0.3 is 0 Å². The van der Waals surface area contributed by atoms with Crippen molar-refractivity contribution in [3.8, 4) is 0 Å². The lowest BCUT2D eigenvalue weighted by Crippen LogP contribution is -2.61. The summed E-state index contributed by atoms with van der Waals surface area (Å²) in [6.45, 7) is 8.26. The summed E-state index contributed by atoms with van der Waals surface area (Å²) in [5.74, 6) is -1.39. The number of hydrogen-bond acceptors (Lipinski definition) is 3. The van der Waals surface area contributed by atoms with Crippen LogP contribution in [0.1, 0.15) is 11.1 Å². The molecule has 21 heavy (non-hydrogen) atoms.